The van der Waals surface area contributed by atoms with Crippen molar-refractivity contribution in [3.63, 3.8) is 0 Å². The van der Waals surface area contributed by atoms with Crippen LogP contribution in [0, 0.1) is 6.92 Å². The van der Waals surface area contributed by atoms with E-state index in [2.05, 4.69) is 56.6 Å². The first-order valence-electron chi connectivity index (χ1n) is 10.7. The van der Waals surface area contributed by atoms with Crippen LogP contribution in [-0.4, -0.2) is 58.7 Å². The number of aromatic nitrogens is 6. The van der Waals surface area contributed by atoms with E-state index < -0.39 is 7.05 Å². The van der Waals surface area contributed by atoms with Gasteiger partial charge in [-0.3, -0.25) is 4.68 Å². The quantitative estimate of drug-likeness (QED) is 0.330. The standard InChI is InChI=1S/C20H23BBr2N8OS/c1-11-7-15(33-28-11)26-20-16(22)17(12-5-4-6-30(10-12)21(2)32)27-19-14(9-25-31(19)20)13-8-24-29(3)18(13)23/h7-9,12,26,32H,4-6,10H2,1-3H3. The van der Waals surface area contributed by atoms with Gasteiger partial charge < -0.3 is 15.2 Å². The second-order valence-electron chi connectivity index (χ2n) is 8.35. The van der Waals surface area contributed by atoms with Crippen LogP contribution in [0.15, 0.2) is 27.5 Å². The lowest BCUT2D eigenvalue weighted by atomic mass is 9.80. The first-order chi connectivity index (χ1) is 15.8. The number of nitrogens with zero attached hydrogens (tertiary/aromatic N) is 7. The van der Waals surface area contributed by atoms with E-state index in [-0.39, 0.29) is 5.92 Å². The van der Waals surface area contributed by atoms with Crippen LogP contribution in [0.3, 0.4) is 0 Å². The number of hydrogen-bond acceptors (Lipinski definition) is 8. The van der Waals surface area contributed by atoms with Crippen molar-refractivity contribution in [2.75, 3.05) is 18.4 Å². The monoisotopic (exact) mass is 592 g/mol. The molecule has 13 heteroatoms. The molecule has 4 aromatic heterocycles. The first kappa shape index (κ1) is 23.0. The van der Waals surface area contributed by atoms with E-state index in [9.17, 15) is 5.02 Å². The maximum Gasteiger partial charge on any atom is 0.376 e. The smallest absolute Gasteiger partial charge is 0.376 e. The van der Waals surface area contributed by atoms with Crippen LogP contribution in [0.4, 0.5) is 10.8 Å². The molecule has 172 valence electrons. The summed E-state index contributed by atoms with van der Waals surface area (Å²) < 4.78 is 9.74. The molecule has 0 bridgehead atoms. The summed E-state index contributed by atoms with van der Waals surface area (Å²) >= 11 is 8.88. The predicted molar refractivity (Wildman–Crippen MR) is 138 cm³/mol. The Morgan fingerprint density at radius 3 is 2.70 bits per heavy atom. The minimum Gasteiger partial charge on any atom is -0.437 e. The summed E-state index contributed by atoms with van der Waals surface area (Å²) in [4.78, 5) is 7.22. The van der Waals surface area contributed by atoms with Crippen LogP contribution in [-0.2, 0) is 7.05 Å². The van der Waals surface area contributed by atoms with Gasteiger partial charge in [0.25, 0.3) is 0 Å². The van der Waals surface area contributed by atoms with Gasteiger partial charge in [-0.25, -0.2) is 4.98 Å². The Morgan fingerprint density at radius 1 is 1.24 bits per heavy atom. The molecule has 5 heterocycles. The highest BCUT2D eigenvalue weighted by Gasteiger charge is 2.30. The van der Waals surface area contributed by atoms with E-state index >= 15 is 0 Å². The van der Waals surface area contributed by atoms with E-state index in [4.69, 9.17) is 4.98 Å². The SMILES string of the molecule is CB(O)N1CCCC(c2nc3c(-c4cnn(C)c4Br)cnn3c(Nc3cc(C)ns3)c2Br)C1. The van der Waals surface area contributed by atoms with Crippen molar-refractivity contribution in [1.29, 1.82) is 0 Å². The molecule has 0 aromatic carbocycles. The molecule has 1 aliphatic rings. The van der Waals surface area contributed by atoms with Crippen molar-refractivity contribution in [2.24, 2.45) is 7.05 Å². The topological polar surface area (TPSA) is 96.4 Å². The average Bonchev–Trinajstić information content (AvgIpc) is 3.49. The predicted octanol–water partition coefficient (Wildman–Crippen LogP) is 4.45. The highest BCUT2D eigenvalue weighted by atomic mass is 79.9. The third kappa shape index (κ3) is 4.25. The van der Waals surface area contributed by atoms with Gasteiger partial charge in [0.15, 0.2) is 11.5 Å². The molecule has 0 saturated carbocycles. The van der Waals surface area contributed by atoms with Crippen LogP contribution < -0.4 is 5.32 Å². The van der Waals surface area contributed by atoms with Crippen molar-refractivity contribution in [3.8, 4) is 11.1 Å². The van der Waals surface area contributed by atoms with Crippen molar-refractivity contribution < 1.29 is 5.02 Å². The molecule has 1 saturated heterocycles. The van der Waals surface area contributed by atoms with Crippen molar-refractivity contribution in [1.82, 2.24) is 33.6 Å². The van der Waals surface area contributed by atoms with Crippen LogP contribution in [0.5, 0.6) is 0 Å². The molecule has 33 heavy (non-hydrogen) atoms. The Balaban J connectivity index is 1.68. The van der Waals surface area contributed by atoms with Gasteiger partial charge in [0.1, 0.15) is 9.60 Å². The average molecular weight is 594 g/mol. The van der Waals surface area contributed by atoms with E-state index in [0.717, 1.165) is 74.0 Å². The number of anilines is 2. The van der Waals surface area contributed by atoms with Crippen molar-refractivity contribution in [2.45, 2.75) is 32.5 Å². The molecule has 2 N–H and O–H groups in total. The normalized spacial score (nSPS) is 17.1. The molecule has 1 fully saturated rings. The van der Waals surface area contributed by atoms with E-state index in [1.54, 1.807) is 4.68 Å². The fourth-order valence-electron chi connectivity index (χ4n) is 4.27. The summed E-state index contributed by atoms with van der Waals surface area (Å²) in [5.74, 6) is 0.982. The Morgan fingerprint density at radius 2 is 2.03 bits per heavy atom. The zero-order chi connectivity index (χ0) is 23.3. The maximum atomic E-state index is 10.2. The van der Waals surface area contributed by atoms with Gasteiger partial charge in [0.2, 0.25) is 0 Å². The Labute approximate surface area is 212 Å². The lowest BCUT2D eigenvalue weighted by Gasteiger charge is -2.33. The third-order valence-corrected chi connectivity index (χ3v) is 8.53. The van der Waals surface area contributed by atoms with E-state index in [0.29, 0.717) is 0 Å². The fraction of sp³-hybridized carbons (Fsp3) is 0.400. The molecular formula is C20H23BBr2N8OS. The van der Waals surface area contributed by atoms with Gasteiger partial charge in [-0.15, -0.1) is 0 Å². The summed E-state index contributed by atoms with van der Waals surface area (Å²) in [7, 11) is 1.41. The molecule has 5 rings (SSSR count). The summed E-state index contributed by atoms with van der Waals surface area (Å²) in [6.07, 6.45) is 5.66. The molecule has 0 amide bonds. The number of piperidine rings is 1. The van der Waals surface area contributed by atoms with Gasteiger partial charge in [-0.1, -0.05) is 0 Å². The number of hydrogen-bond donors (Lipinski definition) is 2. The van der Waals surface area contributed by atoms with Gasteiger partial charge in [0, 0.05) is 18.5 Å². The Bertz CT molecular complexity index is 1320. The van der Waals surface area contributed by atoms with Crippen LogP contribution in [0.2, 0.25) is 6.82 Å². The number of nitrogens with one attached hydrogen (secondary N) is 1. The molecular weight excluding hydrogens is 571 g/mol. The third-order valence-electron chi connectivity index (χ3n) is 6.01. The summed E-state index contributed by atoms with van der Waals surface area (Å²) in [6, 6.07) is 2.01. The van der Waals surface area contributed by atoms with Gasteiger partial charge >= 0.3 is 7.05 Å². The zero-order valence-corrected chi connectivity index (χ0v) is 22.4. The summed E-state index contributed by atoms with van der Waals surface area (Å²) in [5, 5.41) is 23.7. The minimum absolute atomic E-state index is 0.177. The second-order valence-corrected chi connectivity index (χ2v) is 10.7. The first-order valence-corrected chi connectivity index (χ1v) is 13.1. The molecule has 0 radical (unpaired) electrons. The molecule has 0 spiro atoms. The molecule has 0 aliphatic carbocycles. The summed E-state index contributed by atoms with van der Waals surface area (Å²) in [5.41, 5.74) is 4.50. The lowest BCUT2D eigenvalue weighted by Crippen LogP contribution is -2.43. The number of halogens is 2. The van der Waals surface area contributed by atoms with Crippen molar-refractivity contribution >= 4 is 66.9 Å². The zero-order valence-electron chi connectivity index (χ0n) is 18.5. The number of fused-ring (bicyclic) bond motifs is 1. The Hall–Kier alpha value is -1.80. The molecule has 1 unspecified atom stereocenters. The van der Waals surface area contributed by atoms with Crippen LogP contribution in [0.25, 0.3) is 16.8 Å². The van der Waals surface area contributed by atoms with Crippen LogP contribution in [0.1, 0.15) is 30.1 Å². The maximum absolute atomic E-state index is 10.2. The highest BCUT2D eigenvalue weighted by molar-refractivity contribution is 9.11. The van der Waals surface area contributed by atoms with Gasteiger partial charge in [-0.2, -0.15) is 19.1 Å². The fourth-order valence-corrected chi connectivity index (χ4v) is 6.02. The number of rotatable bonds is 5. The Kier molecular flexibility index (Phi) is 6.33. The van der Waals surface area contributed by atoms with Gasteiger partial charge in [0.05, 0.1) is 33.8 Å². The molecule has 4 aromatic rings. The van der Waals surface area contributed by atoms with Crippen LogP contribution >= 0.6 is 43.4 Å². The van der Waals surface area contributed by atoms with Crippen molar-refractivity contribution in [3.05, 3.63) is 38.9 Å². The molecule has 1 atom stereocenters. The minimum atomic E-state index is -0.482. The van der Waals surface area contributed by atoms with E-state index in [1.807, 2.05) is 43.8 Å². The van der Waals surface area contributed by atoms with E-state index in [1.165, 1.54) is 11.5 Å². The number of aryl methyl sites for hydroxylation is 2. The molecule has 9 nitrogen and oxygen atoms in total. The largest absolute Gasteiger partial charge is 0.437 e. The second kappa shape index (κ2) is 9.10. The molecule has 1 aliphatic heterocycles. The lowest BCUT2D eigenvalue weighted by molar-refractivity contribution is 0.282. The summed E-state index contributed by atoms with van der Waals surface area (Å²) in [6.45, 7) is 5.43. The highest BCUT2D eigenvalue weighted by Crippen LogP contribution is 2.40. The van der Waals surface area contributed by atoms with Gasteiger partial charge in [-0.05, 0) is 89.1 Å².